The number of hydrogen-bond acceptors (Lipinski definition) is 2. The number of rotatable bonds is 3. The fourth-order valence-electron chi connectivity index (χ4n) is 3.45. The summed E-state index contributed by atoms with van der Waals surface area (Å²) in [5, 5.41) is 12.2. The molecule has 1 saturated carbocycles. The number of allylic oxidation sites excluding steroid dienone is 2. The van der Waals surface area contributed by atoms with Gasteiger partial charge in [-0.05, 0) is 36.8 Å². The maximum atomic E-state index is 12.5. The number of fused-ring (bicyclic) bond motifs is 2. The topological polar surface area (TPSA) is 66.4 Å². The Morgan fingerprint density at radius 2 is 1.80 bits per heavy atom. The van der Waals surface area contributed by atoms with Gasteiger partial charge in [0.25, 0.3) is 0 Å². The summed E-state index contributed by atoms with van der Waals surface area (Å²) >= 11 is 0. The van der Waals surface area contributed by atoms with Crippen LogP contribution in [0.25, 0.3) is 0 Å². The van der Waals surface area contributed by atoms with Gasteiger partial charge in [0.2, 0.25) is 5.91 Å². The third-order valence-electron chi connectivity index (χ3n) is 4.45. The molecule has 1 aromatic carbocycles. The SMILES string of the molecule is Cc1ccccc1NC(=O)[C@H]1[C@@H](C(=O)O)[C@@H]2C=C[C@H]1C2. The minimum Gasteiger partial charge on any atom is -0.481 e. The quantitative estimate of drug-likeness (QED) is 0.830. The van der Waals surface area contributed by atoms with Gasteiger partial charge in [-0.25, -0.2) is 0 Å². The van der Waals surface area contributed by atoms with Crippen LogP contribution in [-0.2, 0) is 9.59 Å². The molecule has 104 valence electrons. The third-order valence-corrected chi connectivity index (χ3v) is 4.45. The summed E-state index contributed by atoms with van der Waals surface area (Å²) in [6.45, 7) is 1.92. The van der Waals surface area contributed by atoms with Gasteiger partial charge in [-0.15, -0.1) is 0 Å². The highest BCUT2D eigenvalue weighted by atomic mass is 16.4. The molecule has 0 heterocycles. The summed E-state index contributed by atoms with van der Waals surface area (Å²) in [7, 11) is 0. The van der Waals surface area contributed by atoms with Crippen molar-refractivity contribution < 1.29 is 14.7 Å². The van der Waals surface area contributed by atoms with Crippen LogP contribution in [0.2, 0.25) is 0 Å². The number of anilines is 1. The maximum Gasteiger partial charge on any atom is 0.307 e. The normalized spacial score (nSPS) is 30.4. The molecule has 3 rings (SSSR count). The van der Waals surface area contributed by atoms with Crippen LogP contribution in [0, 0.1) is 30.6 Å². The fraction of sp³-hybridized carbons (Fsp3) is 0.375. The maximum absolute atomic E-state index is 12.5. The van der Waals surface area contributed by atoms with Gasteiger partial charge in [-0.1, -0.05) is 30.4 Å². The molecule has 4 heteroatoms. The number of aryl methyl sites for hydroxylation is 1. The highest BCUT2D eigenvalue weighted by molar-refractivity contribution is 5.96. The molecule has 2 N–H and O–H groups in total. The van der Waals surface area contributed by atoms with Gasteiger partial charge in [0.1, 0.15) is 0 Å². The summed E-state index contributed by atoms with van der Waals surface area (Å²) in [4.78, 5) is 23.9. The second-order valence-corrected chi connectivity index (χ2v) is 5.64. The summed E-state index contributed by atoms with van der Waals surface area (Å²) in [6.07, 6.45) is 4.72. The molecule has 2 aliphatic rings. The Morgan fingerprint density at radius 3 is 2.45 bits per heavy atom. The third kappa shape index (κ3) is 2.01. The summed E-state index contributed by atoms with van der Waals surface area (Å²) in [5.74, 6) is -2.03. The first-order valence-electron chi connectivity index (χ1n) is 6.85. The number of benzene rings is 1. The summed E-state index contributed by atoms with van der Waals surface area (Å²) in [6, 6.07) is 7.53. The second kappa shape index (κ2) is 4.78. The van der Waals surface area contributed by atoms with Crippen LogP contribution in [0.15, 0.2) is 36.4 Å². The van der Waals surface area contributed by atoms with E-state index in [-0.39, 0.29) is 17.7 Å². The molecular weight excluding hydrogens is 254 g/mol. The predicted octanol–water partition coefficient (Wildman–Crippen LogP) is 2.46. The highest BCUT2D eigenvalue weighted by Gasteiger charge is 2.51. The molecule has 1 amide bonds. The molecule has 0 saturated heterocycles. The molecule has 1 fully saturated rings. The molecule has 2 aliphatic carbocycles. The Morgan fingerprint density at radius 1 is 1.15 bits per heavy atom. The minimum absolute atomic E-state index is 0.00474. The number of carbonyl (C=O) groups is 2. The van der Waals surface area contributed by atoms with E-state index in [4.69, 9.17) is 0 Å². The molecule has 0 radical (unpaired) electrons. The molecule has 0 spiro atoms. The van der Waals surface area contributed by atoms with E-state index in [1.807, 2.05) is 43.3 Å². The largest absolute Gasteiger partial charge is 0.481 e. The zero-order chi connectivity index (χ0) is 14.3. The molecule has 1 aromatic rings. The van der Waals surface area contributed by atoms with Crippen molar-refractivity contribution in [1.82, 2.24) is 0 Å². The predicted molar refractivity (Wildman–Crippen MR) is 75.2 cm³/mol. The van der Waals surface area contributed by atoms with Crippen molar-refractivity contribution in [3.63, 3.8) is 0 Å². The second-order valence-electron chi connectivity index (χ2n) is 5.64. The van der Waals surface area contributed by atoms with E-state index in [2.05, 4.69) is 5.32 Å². The molecular formula is C16H17NO3. The number of carbonyl (C=O) groups excluding carboxylic acids is 1. The standard InChI is InChI=1S/C16H17NO3/c1-9-4-2-3-5-12(9)17-15(18)13-10-6-7-11(8-10)14(13)16(19)20/h2-7,10-11,13-14H,8H2,1H3,(H,17,18)(H,19,20)/t10-,11+,13+,14-/m0/s1. The van der Waals surface area contributed by atoms with Gasteiger partial charge >= 0.3 is 5.97 Å². The van der Waals surface area contributed by atoms with Crippen molar-refractivity contribution in [3.8, 4) is 0 Å². The monoisotopic (exact) mass is 271 g/mol. The Balaban J connectivity index is 1.82. The Hall–Kier alpha value is -2.10. The van der Waals surface area contributed by atoms with Gasteiger partial charge < -0.3 is 10.4 Å². The van der Waals surface area contributed by atoms with Crippen molar-refractivity contribution in [1.29, 1.82) is 0 Å². The van der Waals surface area contributed by atoms with Gasteiger partial charge in [0, 0.05) is 5.69 Å². The van der Waals surface area contributed by atoms with Crippen molar-refractivity contribution in [2.45, 2.75) is 13.3 Å². The van der Waals surface area contributed by atoms with Crippen molar-refractivity contribution in [2.75, 3.05) is 5.32 Å². The number of para-hydroxylation sites is 1. The smallest absolute Gasteiger partial charge is 0.307 e. The number of hydrogen-bond donors (Lipinski definition) is 2. The lowest BCUT2D eigenvalue weighted by Crippen LogP contribution is -2.36. The first-order chi connectivity index (χ1) is 9.58. The molecule has 4 atom stereocenters. The van der Waals surface area contributed by atoms with Crippen molar-refractivity contribution in [3.05, 3.63) is 42.0 Å². The van der Waals surface area contributed by atoms with Gasteiger partial charge in [-0.2, -0.15) is 0 Å². The van der Waals surface area contributed by atoms with Crippen molar-refractivity contribution >= 4 is 17.6 Å². The average molecular weight is 271 g/mol. The molecule has 0 unspecified atom stereocenters. The molecule has 2 bridgehead atoms. The van der Waals surface area contributed by atoms with Crippen molar-refractivity contribution in [2.24, 2.45) is 23.7 Å². The zero-order valence-electron chi connectivity index (χ0n) is 11.2. The van der Waals surface area contributed by atoms with E-state index in [1.165, 1.54) is 0 Å². The first kappa shape index (κ1) is 12.9. The first-order valence-corrected chi connectivity index (χ1v) is 6.85. The zero-order valence-corrected chi connectivity index (χ0v) is 11.2. The van der Waals surface area contributed by atoms with E-state index in [9.17, 15) is 14.7 Å². The molecule has 20 heavy (non-hydrogen) atoms. The number of aliphatic carboxylic acids is 1. The van der Waals surface area contributed by atoms with Crippen LogP contribution in [0.4, 0.5) is 5.69 Å². The van der Waals surface area contributed by atoms with Gasteiger partial charge in [0.05, 0.1) is 11.8 Å². The number of carboxylic acid groups (broad SMARTS) is 1. The van der Waals surface area contributed by atoms with Gasteiger partial charge in [0.15, 0.2) is 0 Å². The molecule has 0 aliphatic heterocycles. The fourth-order valence-corrected chi connectivity index (χ4v) is 3.45. The Bertz CT molecular complexity index is 593. The van der Waals surface area contributed by atoms with Crippen LogP contribution in [-0.4, -0.2) is 17.0 Å². The number of carboxylic acids is 1. The Kier molecular flexibility index (Phi) is 3.08. The number of amides is 1. The summed E-state index contributed by atoms with van der Waals surface area (Å²) < 4.78 is 0. The summed E-state index contributed by atoms with van der Waals surface area (Å²) in [5.41, 5.74) is 1.74. The Labute approximate surface area is 117 Å². The lowest BCUT2D eigenvalue weighted by Gasteiger charge is -2.24. The van der Waals surface area contributed by atoms with Crippen LogP contribution in [0.3, 0.4) is 0 Å². The number of nitrogens with one attached hydrogen (secondary N) is 1. The van der Waals surface area contributed by atoms with E-state index in [1.54, 1.807) is 0 Å². The van der Waals surface area contributed by atoms with E-state index in [0.717, 1.165) is 17.7 Å². The van der Waals surface area contributed by atoms with E-state index in [0.29, 0.717) is 0 Å². The lowest BCUT2D eigenvalue weighted by atomic mass is 9.82. The molecule has 0 aromatic heterocycles. The highest BCUT2D eigenvalue weighted by Crippen LogP contribution is 2.48. The average Bonchev–Trinajstić information content (AvgIpc) is 3.01. The lowest BCUT2D eigenvalue weighted by molar-refractivity contribution is -0.146. The molecule has 4 nitrogen and oxygen atoms in total. The van der Waals surface area contributed by atoms with Gasteiger partial charge in [-0.3, -0.25) is 9.59 Å². The van der Waals surface area contributed by atoms with E-state index >= 15 is 0 Å². The van der Waals surface area contributed by atoms with Crippen LogP contribution in [0.1, 0.15) is 12.0 Å². The van der Waals surface area contributed by atoms with Crippen LogP contribution < -0.4 is 5.32 Å². The van der Waals surface area contributed by atoms with Crippen LogP contribution >= 0.6 is 0 Å². The van der Waals surface area contributed by atoms with E-state index < -0.39 is 17.8 Å². The van der Waals surface area contributed by atoms with Crippen LogP contribution in [0.5, 0.6) is 0 Å². The minimum atomic E-state index is -0.869.